The Kier molecular flexibility index (Phi) is 19.1. The molecular formula is C13H31NO4S. The number of methoxy groups -OCH3 is 1. The topological polar surface area (TPSA) is 75.6 Å². The first-order valence-corrected chi connectivity index (χ1v) is 8.15. The minimum atomic E-state index is -3.76. The van der Waals surface area contributed by atoms with Crippen molar-refractivity contribution in [3.05, 3.63) is 12.3 Å². The van der Waals surface area contributed by atoms with E-state index < -0.39 is 10.1 Å². The van der Waals surface area contributed by atoms with Crippen molar-refractivity contribution in [1.82, 2.24) is 5.32 Å². The third-order valence-corrected chi connectivity index (χ3v) is 2.46. The Morgan fingerprint density at radius 1 is 1.37 bits per heavy atom. The van der Waals surface area contributed by atoms with Crippen LogP contribution in [-0.4, -0.2) is 38.9 Å². The van der Waals surface area contributed by atoms with E-state index in [0.717, 1.165) is 12.3 Å². The largest absolute Gasteiger partial charge is 0.502 e. The van der Waals surface area contributed by atoms with E-state index >= 15 is 0 Å². The number of hydrogen-bond donors (Lipinski definition) is 2. The molecule has 0 spiro atoms. The zero-order valence-corrected chi connectivity index (χ0v) is 14.0. The van der Waals surface area contributed by atoms with Gasteiger partial charge in [0.05, 0.1) is 18.6 Å². The Labute approximate surface area is 119 Å². The summed E-state index contributed by atoms with van der Waals surface area (Å²) in [4.78, 5) is 0. The zero-order chi connectivity index (χ0) is 15.9. The van der Waals surface area contributed by atoms with Crippen molar-refractivity contribution in [1.29, 1.82) is 0 Å². The first-order valence-electron chi connectivity index (χ1n) is 6.54. The lowest BCUT2D eigenvalue weighted by Gasteiger charge is -2.05. The van der Waals surface area contributed by atoms with Gasteiger partial charge in [0.2, 0.25) is 0 Å². The highest BCUT2D eigenvalue weighted by Crippen LogP contribution is 1.89. The Morgan fingerprint density at radius 3 is 2.05 bits per heavy atom. The van der Waals surface area contributed by atoms with Crippen LogP contribution in [0.2, 0.25) is 0 Å². The third kappa shape index (κ3) is 38.2. The summed E-state index contributed by atoms with van der Waals surface area (Å²) in [5, 5.41) is 3.08. The molecule has 0 rings (SSSR count). The lowest BCUT2D eigenvalue weighted by Crippen LogP contribution is -2.22. The fourth-order valence-corrected chi connectivity index (χ4v) is 1.28. The van der Waals surface area contributed by atoms with Crippen LogP contribution < -0.4 is 5.32 Å². The predicted octanol–water partition coefficient (Wildman–Crippen LogP) is 2.70. The van der Waals surface area contributed by atoms with Gasteiger partial charge in [0.25, 0.3) is 10.1 Å². The van der Waals surface area contributed by atoms with Crippen LogP contribution in [0.5, 0.6) is 0 Å². The SMILES string of the molecule is C=C(C)OC.CC.CC(C)CNCCCS(=O)(=O)O. The molecule has 0 aromatic carbocycles. The second-order valence-corrected chi connectivity index (χ2v) is 5.72. The van der Waals surface area contributed by atoms with Crippen molar-refractivity contribution in [3.63, 3.8) is 0 Å². The summed E-state index contributed by atoms with van der Waals surface area (Å²) in [6.07, 6.45) is 0.464. The minimum Gasteiger partial charge on any atom is -0.502 e. The molecule has 0 saturated carbocycles. The van der Waals surface area contributed by atoms with E-state index in [1.165, 1.54) is 0 Å². The molecule has 0 aromatic heterocycles. The molecule has 0 aliphatic rings. The molecule has 0 amide bonds. The Bertz CT molecular complexity index is 287. The van der Waals surface area contributed by atoms with Crippen LogP contribution in [0.1, 0.15) is 41.0 Å². The molecule has 0 fully saturated rings. The molecule has 2 N–H and O–H groups in total. The molecule has 0 aliphatic heterocycles. The van der Waals surface area contributed by atoms with E-state index in [0.29, 0.717) is 18.9 Å². The van der Waals surface area contributed by atoms with Crippen LogP contribution >= 0.6 is 0 Å². The van der Waals surface area contributed by atoms with Gasteiger partial charge in [-0.25, -0.2) is 0 Å². The van der Waals surface area contributed by atoms with Gasteiger partial charge in [-0.3, -0.25) is 4.55 Å². The number of hydrogen-bond acceptors (Lipinski definition) is 4. The average Bonchev–Trinajstić information content (AvgIpc) is 2.30. The molecule has 0 radical (unpaired) electrons. The number of nitrogens with one attached hydrogen (secondary N) is 1. The van der Waals surface area contributed by atoms with Crippen molar-refractivity contribution < 1.29 is 17.7 Å². The number of rotatable bonds is 7. The molecule has 0 unspecified atom stereocenters. The molecule has 0 saturated heterocycles. The minimum absolute atomic E-state index is 0.155. The van der Waals surface area contributed by atoms with Crippen LogP contribution in [0, 0.1) is 5.92 Å². The highest BCUT2D eigenvalue weighted by atomic mass is 32.2. The van der Waals surface area contributed by atoms with Gasteiger partial charge in [0.1, 0.15) is 0 Å². The van der Waals surface area contributed by atoms with Gasteiger partial charge in [0.15, 0.2) is 0 Å². The Morgan fingerprint density at radius 2 is 1.79 bits per heavy atom. The van der Waals surface area contributed by atoms with Crippen molar-refractivity contribution in [2.75, 3.05) is 26.0 Å². The number of ether oxygens (including phenoxy) is 1. The highest BCUT2D eigenvalue weighted by molar-refractivity contribution is 7.85. The van der Waals surface area contributed by atoms with E-state index in [2.05, 4.69) is 30.5 Å². The number of allylic oxidation sites excluding steroid dienone is 1. The first kappa shape index (κ1) is 23.5. The smallest absolute Gasteiger partial charge is 0.264 e. The van der Waals surface area contributed by atoms with Crippen molar-refractivity contribution in [2.24, 2.45) is 5.92 Å². The molecule has 6 heteroatoms. The molecule has 118 valence electrons. The van der Waals surface area contributed by atoms with Gasteiger partial charge >= 0.3 is 0 Å². The maximum atomic E-state index is 10.3. The van der Waals surface area contributed by atoms with E-state index in [1.807, 2.05) is 13.8 Å². The maximum Gasteiger partial charge on any atom is 0.264 e. The molecule has 0 aromatic rings. The fourth-order valence-electron chi connectivity index (χ4n) is 0.770. The normalized spacial score (nSPS) is 9.89. The summed E-state index contributed by atoms with van der Waals surface area (Å²) < 4.78 is 33.4. The van der Waals surface area contributed by atoms with Crippen LogP contribution in [0.3, 0.4) is 0 Å². The molecule has 0 heterocycles. The van der Waals surface area contributed by atoms with Gasteiger partial charge in [-0.05, 0) is 32.4 Å². The average molecular weight is 297 g/mol. The second-order valence-electron chi connectivity index (χ2n) is 4.14. The van der Waals surface area contributed by atoms with Gasteiger partial charge in [-0.2, -0.15) is 8.42 Å². The lowest BCUT2D eigenvalue weighted by atomic mass is 10.2. The highest BCUT2D eigenvalue weighted by Gasteiger charge is 2.02. The molecule has 0 bridgehead atoms. The van der Waals surface area contributed by atoms with Gasteiger partial charge in [0, 0.05) is 0 Å². The van der Waals surface area contributed by atoms with Gasteiger partial charge in [-0.1, -0.05) is 34.3 Å². The van der Waals surface area contributed by atoms with Crippen LogP contribution in [0.4, 0.5) is 0 Å². The predicted molar refractivity (Wildman–Crippen MR) is 81.9 cm³/mol. The molecule has 0 aliphatic carbocycles. The summed E-state index contributed by atoms with van der Waals surface area (Å²) in [7, 11) is -2.17. The standard InChI is InChI=1S/C7H17NO3S.C4H8O.C2H6/c1-7(2)6-8-4-3-5-12(9,10)11;1-4(2)5-3;1-2/h7-8H,3-6H2,1-2H3,(H,9,10,11);1H2,2-3H3;1-2H3. The zero-order valence-electron chi connectivity index (χ0n) is 13.2. The third-order valence-electron chi connectivity index (χ3n) is 1.66. The summed E-state index contributed by atoms with van der Waals surface area (Å²) in [5.74, 6) is 1.17. The molecule has 19 heavy (non-hydrogen) atoms. The van der Waals surface area contributed by atoms with E-state index in [4.69, 9.17) is 4.55 Å². The van der Waals surface area contributed by atoms with Gasteiger partial charge in [-0.15, -0.1) is 0 Å². The first-order chi connectivity index (χ1) is 8.69. The summed E-state index contributed by atoms with van der Waals surface area (Å²) in [5.41, 5.74) is 0. The van der Waals surface area contributed by atoms with Crippen LogP contribution in [-0.2, 0) is 14.9 Å². The van der Waals surface area contributed by atoms with Crippen LogP contribution in [0.15, 0.2) is 12.3 Å². The van der Waals surface area contributed by atoms with Crippen molar-refractivity contribution >= 4 is 10.1 Å². The van der Waals surface area contributed by atoms with Gasteiger partial charge < -0.3 is 10.1 Å². The lowest BCUT2D eigenvalue weighted by molar-refractivity contribution is 0.295. The Balaban J connectivity index is -0.000000307. The Hall–Kier alpha value is -0.590. The summed E-state index contributed by atoms with van der Waals surface area (Å²) >= 11 is 0. The second kappa shape index (κ2) is 15.5. The quantitative estimate of drug-likeness (QED) is 0.429. The molecular weight excluding hydrogens is 266 g/mol. The van der Waals surface area contributed by atoms with E-state index in [9.17, 15) is 8.42 Å². The summed E-state index contributed by atoms with van der Waals surface area (Å²) in [6.45, 7) is 14.9. The van der Waals surface area contributed by atoms with Crippen LogP contribution in [0.25, 0.3) is 0 Å². The molecule has 5 nitrogen and oxygen atoms in total. The fraction of sp³-hybridized carbons (Fsp3) is 0.846. The van der Waals surface area contributed by atoms with Crippen molar-refractivity contribution in [3.8, 4) is 0 Å². The van der Waals surface area contributed by atoms with E-state index in [-0.39, 0.29) is 5.75 Å². The van der Waals surface area contributed by atoms with E-state index in [1.54, 1.807) is 14.0 Å². The van der Waals surface area contributed by atoms with Crippen molar-refractivity contribution in [2.45, 2.75) is 41.0 Å². The monoisotopic (exact) mass is 297 g/mol. The molecule has 0 atom stereocenters. The maximum absolute atomic E-state index is 10.3. The summed E-state index contributed by atoms with van der Waals surface area (Å²) in [6, 6.07) is 0.